The molecule has 0 aliphatic heterocycles. The molecule has 2 aromatic carbocycles. The molecule has 0 bridgehead atoms. The van der Waals surface area contributed by atoms with E-state index in [1.807, 2.05) is 20.8 Å². The van der Waals surface area contributed by atoms with Gasteiger partial charge < -0.3 is 9.50 Å². The second-order valence-corrected chi connectivity index (χ2v) is 7.68. The molecule has 0 saturated heterocycles. The first kappa shape index (κ1) is 19.0. The summed E-state index contributed by atoms with van der Waals surface area (Å²) in [5.74, 6) is 0.00179. The Labute approximate surface area is 149 Å². The fourth-order valence-corrected chi connectivity index (χ4v) is 4.31. The van der Waals surface area contributed by atoms with Crippen molar-refractivity contribution in [2.75, 3.05) is 5.32 Å². The predicted molar refractivity (Wildman–Crippen MR) is 98.7 cm³/mol. The number of hydrogen-bond acceptors (Lipinski definition) is 4. The predicted octanol–water partition coefficient (Wildman–Crippen LogP) is 3.95. The molecule has 0 saturated carbocycles. The van der Waals surface area contributed by atoms with E-state index >= 15 is 0 Å². The van der Waals surface area contributed by atoms with Gasteiger partial charge in [0.2, 0.25) is 5.91 Å². The van der Waals surface area contributed by atoms with E-state index in [0.29, 0.717) is 16.8 Å². The molecule has 5 nitrogen and oxygen atoms in total. The van der Waals surface area contributed by atoms with Gasteiger partial charge in [-0.3, -0.25) is 4.79 Å². The summed E-state index contributed by atoms with van der Waals surface area (Å²) in [7, 11) is -3.96. The highest BCUT2D eigenvalue weighted by Gasteiger charge is 2.25. The number of nitrogens with one attached hydrogen (secondary N) is 1. The van der Waals surface area contributed by atoms with Crippen molar-refractivity contribution in [2.45, 2.75) is 46.4 Å². The molecule has 0 aliphatic rings. The van der Waals surface area contributed by atoms with Crippen LogP contribution in [0.4, 0.5) is 5.69 Å². The van der Waals surface area contributed by atoms with Gasteiger partial charge in [0.1, 0.15) is 10.6 Å². The van der Waals surface area contributed by atoms with Crippen molar-refractivity contribution in [1.29, 1.82) is 0 Å². The lowest BCUT2D eigenvalue weighted by atomic mass is 9.95. The molecule has 0 atom stereocenters. The molecular weight excluding hydrogens is 338 g/mol. The van der Waals surface area contributed by atoms with Crippen molar-refractivity contribution in [1.82, 2.24) is 0 Å². The first-order valence-corrected chi connectivity index (χ1v) is 9.34. The molecule has 0 radical (unpaired) electrons. The Hall–Kier alpha value is -2.34. The minimum atomic E-state index is -3.96. The van der Waals surface area contributed by atoms with E-state index in [4.69, 9.17) is 4.18 Å². The molecule has 25 heavy (non-hydrogen) atoms. The van der Waals surface area contributed by atoms with Gasteiger partial charge in [-0.1, -0.05) is 0 Å². The zero-order chi connectivity index (χ0) is 18.9. The Balaban J connectivity index is 2.42. The summed E-state index contributed by atoms with van der Waals surface area (Å²) < 4.78 is 31.0. The largest absolute Gasteiger partial charge is 0.379 e. The zero-order valence-electron chi connectivity index (χ0n) is 15.4. The van der Waals surface area contributed by atoms with Gasteiger partial charge in [-0.05, 0) is 86.7 Å². The SMILES string of the molecule is CC(=O)Nc1ccc(OS(=O)(=O)c2c(C)c(C)c(C)c(C)c2C)cc1. The maximum absolute atomic E-state index is 12.8. The van der Waals surface area contributed by atoms with Crippen LogP contribution < -0.4 is 9.50 Å². The Kier molecular flexibility index (Phi) is 5.23. The minimum absolute atomic E-state index is 0.196. The average molecular weight is 361 g/mol. The van der Waals surface area contributed by atoms with Gasteiger partial charge in [-0.25, -0.2) is 0 Å². The van der Waals surface area contributed by atoms with Crippen LogP contribution in [-0.2, 0) is 14.9 Å². The summed E-state index contributed by atoms with van der Waals surface area (Å²) >= 11 is 0. The minimum Gasteiger partial charge on any atom is -0.379 e. The van der Waals surface area contributed by atoms with Gasteiger partial charge in [0.05, 0.1) is 0 Å². The highest BCUT2D eigenvalue weighted by Crippen LogP contribution is 2.31. The molecular formula is C19H23NO4S. The number of anilines is 1. The maximum atomic E-state index is 12.8. The molecule has 0 heterocycles. The molecule has 1 N–H and O–H groups in total. The summed E-state index contributed by atoms with van der Waals surface area (Å²) in [6.07, 6.45) is 0. The van der Waals surface area contributed by atoms with Gasteiger partial charge in [-0.2, -0.15) is 8.42 Å². The van der Waals surface area contributed by atoms with E-state index in [1.54, 1.807) is 26.0 Å². The molecule has 134 valence electrons. The fraction of sp³-hybridized carbons (Fsp3) is 0.316. The summed E-state index contributed by atoms with van der Waals surface area (Å²) in [5.41, 5.74) is 4.98. The third-order valence-electron chi connectivity index (χ3n) is 4.56. The van der Waals surface area contributed by atoms with Gasteiger partial charge >= 0.3 is 10.1 Å². The van der Waals surface area contributed by atoms with E-state index in [-0.39, 0.29) is 16.6 Å². The highest BCUT2D eigenvalue weighted by atomic mass is 32.2. The van der Waals surface area contributed by atoms with Crippen molar-refractivity contribution in [2.24, 2.45) is 0 Å². The third-order valence-corrected chi connectivity index (χ3v) is 6.09. The quantitative estimate of drug-likeness (QED) is 0.837. The lowest BCUT2D eigenvalue weighted by Gasteiger charge is -2.18. The second-order valence-electron chi connectivity index (χ2n) is 6.20. The Bertz CT molecular complexity index is 900. The van der Waals surface area contributed by atoms with E-state index in [0.717, 1.165) is 16.7 Å². The molecule has 0 fully saturated rings. The number of rotatable bonds is 4. The molecule has 0 unspecified atom stereocenters. The number of carbonyl (C=O) groups excluding carboxylic acids is 1. The lowest BCUT2D eigenvalue weighted by Crippen LogP contribution is -2.15. The van der Waals surface area contributed by atoms with Crippen molar-refractivity contribution in [3.05, 3.63) is 52.1 Å². The Morgan fingerprint density at radius 2 is 1.28 bits per heavy atom. The first-order valence-electron chi connectivity index (χ1n) is 7.93. The second kappa shape index (κ2) is 6.88. The van der Waals surface area contributed by atoms with Crippen LogP contribution >= 0.6 is 0 Å². The zero-order valence-corrected chi connectivity index (χ0v) is 16.2. The average Bonchev–Trinajstić information content (AvgIpc) is 2.52. The first-order chi connectivity index (χ1) is 11.5. The van der Waals surface area contributed by atoms with E-state index in [9.17, 15) is 13.2 Å². The van der Waals surface area contributed by atoms with Crippen LogP contribution in [0.25, 0.3) is 0 Å². The van der Waals surface area contributed by atoms with Crippen LogP contribution in [-0.4, -0.2) is 14.3 Å². The lowest BCUT2D eigenvalue weighted by molar-refractivity contribution is -0.114. The van der Waals surface area contributed by atoms with Crippen LogP contribution in [0.1, 0.15) is 34.7 Å². The molecule has 6 heteroatoms. The summed E-state index contributed by atoms with van der Waals surface area (Å²) in [6.45, 7) is 10.8. The normalized spacial score (nSPS) is 11.3. The monoisotopic (exact) mass is 361 g/mol. The number of hydrogen-bond donors (Lipinski definition) is 1. The molecule has 0 aromatic heterocycles. The van der Waals surface area contributed by atoms with Gasteiger partial charge in [-0.15, -0.1) is 0 Å². The van der Waals surface area contributed by atoms with E-state index in [1.165, 1.54) is 19.1 Å². The number of amides is 1. The van der Waals surface area contributed by atoms with E-state index in [2.05, 4.69) is 5.32 Å². The summed E-state index contributed by atoms with van der Waals surface area (Å²) in [5, 5.41) is 2.62. The highest BCUT2D eigenvalue weighted by molar-refractivity contribution is 7.87. The fourth-order valence-electron chi connectivity index (χ4n) is 2.81. The van der Waals surface area contributed by atoms with Gasteiger partial charge in [0, 0.05) is 12.6 Å². The molecule has 0 spiro atoms. The van der Waals surface area contributed by atoms with Crippen LogP contribution in [0.3, 0.4) is 0 Å². The molecule has 1 amide bonds. The van der Waals surface area contributed by atoms with Crippen molar-refractivity contribution in [3.8, 4) is 5.75 Å². The summed E-state index contributed by atoms with van der Waals surface area (Å²) in [6, 6.07) is 6.22. The standard InChI is InChI=1S/C19H23NO4S/c1-11-12(2)14(4)19(15(5)13(11)3)25(22,23)24-18-9-7-17(8-10-18)20-16(6)21/h7-10H,1-6H3,(H,20,21). The Morgan fingerprint density at radius 3 is 1.72 bits per heavy atom. The maximum Gasteiger partial charge on any atom is 0.339 e. The topological polar surface area (TPSA) is 72.5 Å². The van der Waals surface area contributed by atoms with Crippen LogP contribution in [0, 0.1) is 34.6 Å². The molecule has 2 rings (SSSR count). The summed E-state index contributed by atoms with van der Waals surface area (Å²) in [4.78, 5) is 11.3. The molecule has 2 aromatic rings. The van der Waals surface area contributed by atoms with Crippen LogP contribution in [0.15, 0.2) is 29.2 Å². The van der Waals surface area contributed by atoms with Crippen LogP contribution in [0.2, 0.25) is 0 Å². The smallest absolute Gasteiger partial charge is 0.339 e. The third kappa shape index (κ3) is 3.85. The van der Waals surface area contributed by atoms with Gasteiger partial charge in [0.25, 0.3) is 0 Å². The number of carbonyl (C=O) groups is 1. The van der Waals surface area contributed by atoms with E-state index < -0.39 is 10.1 Å². The van der Waals surface area contributed by atoms with Crippen LogP contribution in [0.5, 0.6) is 5.75 Å². The Morgan fingerprint density at radius 1 is 0.840 bits per heavy atom. The van der Waals surface area contributed by atoms with Gasteiger partial charge in [0.15, 0.2) is 0 Å². The van der Waals surface area contributed by atoms with Crippen molar-refractivity contribution >= 4 is 21.7 Å². The number of benzene rings is 2. The molecule has 0 aliphatic carbocycles. The van der Waals surface area contributed by atoms with Crippen molar-refractivity contribution in [3.63, 3.8) is 0 Å². The van der Waals surface area contributed by atoms with Crippen molar-refractivity contribution < 1.29 is 17.4 Å².